The van der Waals surface area contributed by atoms with Crippen molar-refractivity contribution in [1.82, 2.24) is 9.55 Å². The summed E-state index contributed by atoms with van der Waals surface area (Å²) >= 11 is 0. The summed E-state index contributed by atoms with van der Waals surface area (Å²) in [7, 11) is 1.39. The minimum absolute atomic E-state index is 0.0947. The number of imidazole rings is 1. The van der Waals surface area contributed by atoms with Crippen LogP contribution in [0.1, 0.15) is 58.3 Å². The Labute approximate surface area is 186 Å². The van der Waals surface area contributed by atoms with Gasteiger partial charge in [0.05, 0.1) is 30.1 Å². The summed E-state index contributed by atoms with van der Waals surface area (Å²) in [5.41, 5.74) is 3.22. The number of rotatable bonds is 5. The number of amides is 1. The molecule has 3 rings (SSSR count). The van der Waals surface area contributed by atoms with E-state index < -0.39 is 11.9 Å². The van der Waals surface area contributed by atoms with Crippen LogP contribution in [0.3, 0.4) is 0 Å². The van der Waals surface area contributed by atoms with E-state index in [9.17, 15) is 14.9 Å². The van der Waals surface area contributed by atoms with Crippen LogP contribution in [-0.4, -0.2) is 33.6 Å². The molecule has 1 N–H and O–H groups in total. The zero-order valence-corrected chi connectivity index (χ0v) is 18.6. The number of anilines is 1. The van der Waals surface area contributed by atoms with E-state index in [1.807, 2.05) is 33.8 Å². The second-order valence-electron chi connectivity index (χ2n) is 8.39. The quantitative estimate of drug-likeness (QED) is 0.604. The second kappa shape index (κ2) is 8.65. The number of hydroxylamine groups is 1. The maximum absolute atomic E-state index is 13.3. The molecule has 1 heterocycles. The van der Waals surface area contributed by atoms with Crippen LogP contribution in [0, 0.1) is 18.3 Å². The van der Waals surface area contributed by atoms with Crippen molar-refractivity contribution in [3.63, 3.8) is 0 Å². The summed E-state index contributed by atoms with van der Waals surface area (Å²) in [5.74, 6) is -1.56. The third-order valence-corrected chi connectivity index (χ3v) is 5.05. The highest BCUT2D eigenvalue weighted by Crippen LogP contribution is 2.29. The minimum Gasteiger partial charge on any atom is -0.476 e. The van der Waals surface area contributed by atoms with Gasteiger partial charge in [0.1, 0.15) is 6.33 Å². The van der Waals surface area contributed by atoms with E-state index in [4.69, 9.17) is 9.94 Å². The molecular weight excluding hydrogens is 408 g/mol. The van der Waals surface area contributed by atoms with E-state index in [1.54, 1.807) is 34.9 Å². The maximum Gasteiger partial charge on any atom is 0.356 e. The molecule has 32 heavy (non-hydrogen) atoms. The van der Waals surface area contributed by atoms with Gasteiger partial charge in [-0.05, 0) is 53.8 Å². The highest BCUT2D eigenvalue weighted by molar-refractivity contribution is 6.05. The fourth-order valence-electron chi connectivity index (χ4n) is 3.23. The Morgan fingerprint density at radius 1 is 1.19 bits per heavy atom. The zero-order valence-electron chi connectivity index (χ0n) is 18.6. The maximum atomic E-state index is 13.3. The molecule has 0 atom stereocenters. The predicted molar refractivity (Wildman–Crippen MR) is 119 cm³/mol. The predicted octanol–water partition coefficient (Wildman–Crippen LogP) is 4.26. The number of aromatic nitrogens is 2. The van der Waals surface area contributed by atoms with Crippen molar-refractivity contribution in [3.05, 3.63) is 76.9 Å². The first kappa shape index (κ1) is 22.7. The number of aryl methyl sites for hydroxylation is 1. The summed E-state index contributed by atoms with van der Waals surface area (Å²) < 4.78 is 1.56. The van der Waals surface area contributed by atoms with E-state index in [2.05, 4.69) is 11.1 Å². The number of hydrogen-bond acceptors (Lipinski definition) is 5. The molecule has 2 aromatic carbocycles. The molecule has 0 saturated heterocycles. The molecule has 8 heteroatoms. The molecule has 0 aliphatic carbocycles. The number of nitrogens with zero attached hydrogens (tertiary/aromatic N) is 4. The van der Waals surface area contributed by atoms with Crippen LogP contribution in [0.15, 0.2) is 48.9 Å². The Morgan fingerprint density at radius 2 is 1.91 bits per heavy atom. The molecule has 164 valence electrons. The minimum atomic E-state index is -1.13. The van der Waals surface area contributed by atoms with Crippen molar-refractivity contribution in [2.45, 2.75) is 33.1 Å². The molecule has 0 fully saturated rings. The normalized spacial score (nSPS) is 11.1. The van der Waals surface area contributed by atoms with Crippen molar-refractivity contribution in [1.29, 1.82) is 5.26 Å². The molecule has 8 nitrogen and oxygen atoms in total. The highest BCUT2D eigenvalue weighted by atomic mass is 16.7. The standard InChI is InChI=1S/C24H24N4O4/c1-15-6-7-17(10-21(15)27-13-20(23(30)31)26-14-27)22(29)28(32-5)19-9-16(12-25)8-18(11-19)24(2,3)4/h6-11,13-14H,1-5H3,(H,30,31). The number of carboxylic acids is 1. The number of nitriles is 1. The molecule has 0 radical (unpaired) electrons. The first-order valence-corrected chi connectivity index (χ1v) is 9.87. The molecule has 0 bridgehead atoms. The van der Waals surface area contributed by atoms with E-state index in [1.165, 1.54) is 19.6 Å². The van der Waals surface area contributed by atoms with E-state index >= 15 is 0 Å². The Bertz CT molecular complexity index is 1230. The topological polar surface area (TPSA) is 108 Å². The van der Waals surface area contributed by atoms with Crippen molar-refractivity contribution >= 4 is 17.6 Å². The van der Waals surface area contributed by atoms with Crippen LogP contribution in [-0.2, 0) is 10.3 Å². The Morgan fingerprint density at radius 3 is 2.47 bits per heavy atom. The first-order valence-electron chi connectivity index (χ1n) is 9.87. The van der Waals surface area contributed by atoms with Gasteiger partial charge in [0.2, 0.25) is 0 Å². The molecule has 0 aliphatic rings. The number of aromatic carboxylic acids is 1. The van der Waals surface area contributed by atoms with Gasteiger partial charge in [-0.25, -0.2) is 9.78 Å². The molecule has 1 amide bonds. The smallest absolute Gasteiger partial charge is 0.356 e. The van der Waals surface area contributed by atoms with Gasteiger partial charge in [-0.15, -0.1) is 0 Å². The average Bonchev–Trinajstić information content (AvgIpc) is 3.24. The number of carbonyl (C=O) groups excluding carboxylic acids is 1. The monoisotopic (exact) mass is 432 g/mol. The molecular formula is C24H24N4O4. The number of benzene rings is 2. The summed E-state index contributed by atoms with van der Waals surface area (Å²) in [4.78, 5) is 33.8. The van der Waals surface area contributed by atoms with Crippen LogP contribution in [0.5, 0.6) is 0 Å². The van der Waals surface area contributed by atoms with Crippen LogP contribution in [0.25, 0.3) is 5.69 Å². The van der Waals surface area contributed by atoms with Gasteiger partial charge in [0.15, 0.2) is 5.69 Å². The average molecular weight is 432 g/mol. The third kappa shape index (κ3) is 4.53. The molecule has 0 aliphatic heterocycles. The van der Waals surface area contributed by atoms with Gasteiger partial charge in [-0.1, -0.05) is 26.8 Å². The van der Waals surface area contributed by atoms with E-state index in [-0.39, 0.29) is 11.1 Å². The van der Waals surface area contributed by atoms with Crippen molar-refractivity contribution < 1.29 is 19.5 Å². The van der Waals surface area contributed by atoms with Gasteiger partial charge in [-0.2, -0.15) is 10.3 Å². The van der Waals surface area contributed by atoms with Gasteiger partial charge in [0, 0.05) is 11.8 Å². The zero-order chi connectivity index (χ0) is 23.6. The lowest BCUT2D eigenvalue weighted by Gasteiger charge is -2.25. The van der Waals surface area contributed by atoms with Crippen LogP contribution in [0.2, 0.25) is 0 Å². The van der Waals surface area contributed by atoms with E-state index in [0.29, 0.717) is 22.5 Å². The number of hydrogen-bond donors (Lipinski definition) is 1. The van der Waals surface area contributed by atoms with E-state index in [0.717, 1.165) is 16.2 Å². The van der Waals surface area contributed by atoms with Crippen molar-refractivity contribution in [2.24, 2.45) is 0 Å². The Hall–Kier alpha value is -3.96. The fraction of sp³-hybridized carbons (Fsp3) is 0.250. The van der Waals surface area contributed by atoms with Gasteiger partial charge < -0.3 is 9.67 Å². The highest BCUT2D eigenvalue weighted by Gasteiger charge is 2.23. The lowest BCUT2D eigenvalue weighted by Crippen LogP contribution is -2.30. The van der Waals surface area contributed by atoms with Crippen LogP contribution >= 0.6 is 0 Å². The Balaban J connectivity index is 2.04. The lowest BCUT2D eigenvalue weighted by atomic mass is 9.86. The van der Waals surface area contributed by atoms with Crippen LogP contribution in [0.4, 0.5) is 5.69 Å². The number of carbonyl (C=O) groups is 2. The molecule has 3 aromatic rings. The molecule has 1 aromatic heterocycles. The molecule has 0 unspecified atom stereocenters. The van der Waals surface area contributed by atoms with Crippen LogP contribution < -0.4 is 5.06 Å². The summed E-state index contributed by atoms with van der Waals surface area (Å²) in [6.45, 7) is 7.92. The van der Waals surface area contributed by atoms with Crippen molar-refractivity contribution in [2.75, 3.05) is 12.2 Å². The molecule has 0 spiro atoms. The van der Waals surface area contributed by atoms with Crippen molar-refractivity contribution in [3.8, 4) is 11.8 Å². The summed E-state index contributed by atoms with van der Waals surface area (Å²) in [5, 5.41) is 19.7. The second-order valence-corrected chi connectivity index (χ2v) is 8.39. The van der Waals surface area contributed by atoms with Gasteiger partial charge >= 0.3 is 5.97 Å². The number of carboxylic acid groups (broad SMARTS) is 1. The summed E-state index contributed by atoms with van der Waals surface area (Å²) in [6, 6.07) is 12.4. The summed E-state index contributed by atoms with van der Waals surface area (Å²) in [6.07, 6.45) is 2.78. The Kier molecular flexibility index (Phi) is 6.14. The fourth-order valence-corrected chi connectivity index (χ4v) is 3.23. The van der Waals surface area contributed by atoms with Gasteiger partial charge in [0.25, 0.3) is 5.91 Å². The SMILES string of the molecule is CON(C(=O)c1ccc(C)c(-n2cnc(C(=O)O)c2)c1)c1cc(C#N)cc(C(C)(C)C)c1. The first-order chi connectivity index (χ1) is 15.0. The third-order valence-electron chi connectivity index (χ3n) is 5.05. The largest absolute Gasteiger partial charge is 0.476 e. The van der Waals surface area contributed by atoms with Gasteiger partial charge in [-0.3, -0.25) is 9.63 Å². The lowest BCUT2D eigenvalue weighted by molar-refractivity contribution is 0.0690. The molecule has 0 saturated carbocycles.